The van der Waals surface area contributed by atoms with Crippen molar-refractivity contribution in [2.24, 2.45) is 11.7 Å². The summed E-state index contributed by atoms with van der Waals surface area (Å²) in [6, 6.07) is 0. The third-order valence-corrected chi connectivity index (χ3v) is 4.57. The van der Waals surface area contributed by atoms with Crippen LogP contribution in [0.25, 0.3) is 0 Å². The Morgan fingerprint density at radius 3 is 2.77 bits per heavy atom. The van der Waals surface area contributed by atoms with Crippen LogP contribution in [0, 0.1) is 5.92 Å². The van der Waals surface area contributed by atoms with E-state index in [1.807, 2.05) is 11.9 Å². The van der Waals surface area contributed by atoms with Gasteiger partial charge in [-0.1, -0.05) is 5.16 Å². The van der Waals surface area contributed by atoms with Crippen LogP contribution in [0.5, 0.6) is 0 Å². The standard InChI is InChI=1S/C15H22N4O3/c1-18-6-7-19(9-10(8-18)14(16)20)15(21)13-11-4-2-3-5-12(11)22-17-13/h10H,2-9H2,1H3,(H2,16,20). The number of hydrogen-bond donors (Lipinski definition) is 1. The van der Waals surface area contributed by atoms with Crippen molar-refractivity contribution in [2.75, 3.05) is 33.2 Å². The van der Waals surface area contributed by atoms with Crippen molar-refractivity contribution in [1.29, 1.82) is 0 Å². The average Bonchev–Trinajstić information content (AvgIpc) is 2.82. The predicted molar refractivity (Wildman–Crippen MR) is 79.2 cm³/mol. The third-order valence-electron chi connectivity index (χ3n) is 4.57. The lowest BCUT2D eigenvalue weighted by molar-refractivity contribution is -0.122. The van der Waals surface area contributed by atoms with Crippen LogP contribution in [-0.2, 0) is 17.6 Å². The number of hydrogen-bond acceptors (Lipinski definition) is 5. The summed E-state index contributed by atoms with van der Waals surface area (Å²) < 4.78 is 5.33. The lowest BCUT2D eigenvalue weighted by atomic mass is 9.96. The summed E-state index contributed by atoms with van der Waals surface area (Å²) in [6.07, 6.45) is 3.82. The summed E-state index contributed by atoms with van der Waals surface area (Å²) in [7, 11) is 1.93. The van der Waals surface area contributed by atoms with Gasteiger partial charge in [0.25, 0.3) is 5.91 Å². The molecule has 1 saturated heterocycles. The number of fused-ring (bicyclic) bond motifs is 1. The van der Waals surface area contributed by atoms with E-state index in [1.165, 1.54) is 0 Å². The van der Waals surface area contributed by atoms with Crippen LogP contribution < -0.4 is 5.73 Å². The van der Waals surface area contributed by atoms with Crippen molar-refractivity contribution in [3.8, 4) is 0 Å². The highest BCUT2D eigenvalue weighted by molar-refractivity contribution is 5.94. The van der Waals surface area contributed by atoms with Crippen LogP contribution in [0.2, 0.25) is 0 Å². The highest BCUT2D eigenvalue weighted by Gasteiger charge is 2.32. The van der Waals surface area contributed by atoms with Crippen LogP contribution in [0.15, 0.2) is 4.52 Å². The molecule has 1 unspecified atom stereocenters. The fourth-order valence-electron chi connectivity index (χ4n) is 3.24. The fraction of sp³-hybridized carbons (Fsp3) is 0.667. The van der Waals surface area contributed by atoms with Gasteiger partial charge in [0.15, 0.2) is 5.69 Å². The van der Waals surface area contributed by atoms with E-state index >= 15 is 0 Å². The molecule has 22 heavy (non-hydrogen) atoms. The predicted octanol–water partition coefficient (Wildman–Crippen LogP) is 0.0425. The molecule has 2 aliphatic rings. The highest BCUT2D eigenvalue weighted by Crippen LogP contribution is 2.25. The zero-order chi connectivity index (χ0) is 15.7. The van der Waals surface area contributed by atoms with E-state index in [1.54, 1.807) is 4.90 Å². The third kappa shape index (κ3) is 2.85. The van der Waals surface area contributed by atoms with Gasteiger partial charge in [0.1, 0.15) is 5.76 Å². The van der Waals surface area contributed by atoms with Crippen molar-refractivity contribution in [3.05, 3.63) is 17.0 Å². The van der Waals surface area contributed by atoms with Gasteiger partial charge in [-0.3, -0.25) is 9.59 Å². The van der Waals surface area contributed by atoms with Gasteiger partial charge in [-0.2, -0.15) is 0 Å². The highest BCUT2D eigenvalue weighted by atomic mass is 16.5. The number of primary amides is 1. The topological polar surface area (TPSA) is 92.7 Å². The summed E-state index contributed by atoms with van der Waals surface area (Å²) in [5, 5.41) is 4.00. The van der Waals surface area contributed by atoms with Crippen LogP contribution in [-0.4, -0.2) is 60.0 Å². The Balaban J connectivity index is 1.81. The molecule has 1 aromatic rings. The molecule has 1 aliphatic heterocycles. The number of carbonyl (C=O) groups is 2. The maximum Gasteiger partial charge on any atom is 0.276 e. The van der Waals surface area contributed by atoms with Gasteiger partial charge in [0.2, 0.25) is 5.91 Å². The Bertz CT molecular complexity index is 583. The van der Waals surface area contributed by atoms with Crippen LogP contribution >= 0.6 is 0 Å². The summed E-state index contributed by atoms with van der Waals surface area (Å²) in [6.45, 7) is 2.21. The molecule has 0 saturated carbocycles. The van der Waals surface area contributed by atoms with Crippen molar-refractivity contribution in [3.63, 3.8) is 0 Å². The number of likely N-dealkylation sites (N-methyl/N-ethyl adjacent to an activating group) is 1. The van der Waals surface area contributed by atoms with E-state index in [0.717, 1.165) is 43.6 Å². The first-order chi connectivity index (χ1) is 10.6. The smallest absolute Gasteiger partial charge is 0.276 e. The fourth-order valence-corrected chi connectivity index (χ4v) is 3.24. The molecule has 7 heteroatoms. The molecule has 1 atom stereocenters. The summed E-state index contributed by atoms with van der Waals surface area (Å²) >= 11 is 0. The number of carbonyl (C=O) groups excluding carboxylic acids is 2. The minimum absolute atomic E-state index is 0.145. The minimum atomic E-state index is -0.367. The molecule has 3 rings (SSSR count). The van der Waals surface area contributed by atoms with Crippen molar-refractivity contribution < 1.29 is 14.1 Å². The van der Waals surface area contributed by atoms with Gasteiger partial charge in [-0.25, -0.2) is 0 Å². The van der Waals surface area contributed by atoms with Gasteiger partial charge in [0, 0.05) is 38.2 Å². The van der Waals surface area contributed by atoms with Gasteiger partial charge in [-0.05, 0) is 26.3 Å². The number of nitrogens with zero attached hydrogens (tertiary/aromatic N) is 3. The molecule has 2 amide bonds. The second-order valence-corrected chi connectivity index (χ2v) is 6.25. The van der Waals surface area contributed by atoms with Crippen molar-refractivity contribution >= 4 is 11.8 Å². The normalized spacial score (nSPS) is 23.0. The molecule has 2 N–H and O–H groups in total. The molecule has 1 aromatic heterocycles. The van der Waals surface area contributed by atoms with Crippen LogP contribution in [0.3, 0.4) is 0 Å². The van der Waals surface area contributed by atoms with Gasteiger partial charge in [-0.15, -0.1) is 0 Å². The molecular formula is C15H22N4O3. The summed E-state index contributed by atoms with van der Waals surface area (Å²) in [5.41, 5.74) is 6.82. The SMILES string of the molecule is CN1CCN(C(=O)c2noc3c2CCCC3)CC(C(N)=O)C1. The number of rotatable bonds is 2. The molecule has 7 nitrogen and oxygen atoms in total. The number of aryl methyl sites for hydroxylation is 1. The van der Waals surface area contributed by atoms with Crippen molar-refractivity contribution in [2.45, 2.75) is 25.7 Å². The Hall–Kier alpha value is -1.89. The molecule has 1 aliphatic carbocycles. The summed E-state index contributed by atoms with van der Waals surface area (Å²) in [5.74, 6) is -0.0191. The zero-order valence-corrected chi connectivity index (χ0v) is 12.9. The average molecular weight is 306 g/mol. The number of amides is 2. The van der Waals surface area contributed by atoms with E-state index in [9.17, 15) is 9.59 Å². The Labute approximate surface area is 129 Å². The van der Waals surface area contributed by atoms with E-state index in [4.69, 9.17) is 10.3 Å². The quantitative estimate of drug-likeness (QED) is 0.833. The summed E-state index contributed by atoms with van der Waals surface area (Å²) in [4.78, 5) is 28.1. The first kappa shape index (κ1) is 15.0. The van der Waals surface area contributed by atoms with Crippen molar-refractivity contribution in [1.82, 2.24) is 15.0 Å². The van der Waals surface area contributed by atoms with E-state index in [-0.39, 0.29) is 17.7 Å². The number of nitrogens with two attached hydrogens (primary N) is 1. The molecular weight excluding hydrogens is 284 g/mol. The van der Waals surface area contributed by atoms with Crippen LogP contribution in [0.4, 0.5) is 0 Å². The Morgan fingerprint density at radius 2 is 2.00 bits per heavy atom. The molecule has 0 bridgehead atoms. The second-order valence-electron chi connectivity index (χ2n) is 6.25. The molecule has 0 aromatic carbocycles. The molecule has 0 spiro atoms. The zero-order valence-electron chi connectivity index (χ0n) is 12.9. The van der Waals surface area contributed by atoms with Gasteiger partial charge < -0.3 is 20.1 Å². The van der Waals surface area contributed by atoms with Gasteiger partial charge >= 0.3 is 0 Å². The second kappa shape index (κ2) is 6.08. The maximum atomic E-state index is 12.8. The molecule has 2 heterocycles. The first-order valence-corrected chi connectivity index (χ1v) is 7.81. The van der Waals surface area contributed by atoms with E-state index in [2.05, 4.69) is 5.16 Å². The Morgan fingerprint density at radius 1 is 1.23 bits per heavy atom. The molecule has 1 fully saturated rings. The van der Waals surface area contributed by atoms with E-state index < -0.39 is 0 Å². The van der Waals surface area contributed by atoms with E-state index in [0.29, 0.717) is 25.3 Å². The molecule has 0 radical (unpaired) electrons. The number of aromatic nitrogens is 1. The Kier molecular flexibility index (Phi) is 4.15. The maximum absolute atomic E-state index is 12.8. The molecule has 120 valence electrons. The van der Waals surface area contributed by atoms with Crippen LogP contribution in [0.1, 0.15) is 34.7 Å². The monoisotopic (exact) mass is 306 g/mol. The lowest BCUT2D eigenvalue weighted by Gasteiger charge is -2.22. The first-order valence-electron chi connectivity index (χ1n) is 7.81. The largest absolute Gasteiger partial charge is 0.369 e. The van der Waals surface area contributed by atoms with Gasteiger partial charge in [0.05, 0.1) is 5.92 Å². The lowest BCUT2D eigenvalue weighted by Crippen LogP contribution is -2.40. The minimum Gasteiger partial charge on any atom is -0.369 e.